The van der Waals surface area contributed by atoms with E-state index in [2.05, 4.69) is 17.2 Å². The van der Waals surface area contributed by atoms with Gasteiger partial charge in [0, 0.05) is 19.3 Å². The molecule has 1 N–H and O–H groups in total. The maximum atomic E-state index is 13.6. The summed E-state index contributed by atoms with van der Waals surface area (Å²) in [6.45, 7) is 3.06. The Labute approximate surface area is 196 Å². The van der Waals surface area contributed by atoms with Crippen LogP contribution >= 0.6 is 0 Å². The number of hydrogen-bond donors (Lipinski definition) is 1. The van der Waals surface area contributed by atoms with Crippen LogP contribution in [-0.2, 0) is 6.18 Å². The Bertz CT molecular complexity index is 1100. The highest BCUT2D eigenvalue weighted by molar-refractivity contribution is 5.97. The van der Waals surface area contributed by atoms with Crippen molar-refractivity contribution >= 4 is 11.7 Å². The summed E-state index contributed by atoms with van der Waals surface area (Å²) < 4.78 is 44.4. The van der Waals surface area contributed by atoms with E-state index in [-0.39, 0.29) is 17.9 Å². The highest BCUT2D eigenvalue weighted by atomic mass is 19.4. The number of ether oxygens (including phenoxy) is 1. The monoisotopic (exact) mass is 469 g/mol. The average molecular weight is 470 g/mol. The van der Waals surface area contributed by atoms with Gasteiger partial charge in [-0.05, 0) is 55.2 Å². The molecule has 1 unspecified atom stereocenters. The molecule has 2 atom stereocenters. The number of nitrogens with zero attached hydrogens (tertiary/aromatic N) is 2. The molecule has 1 fully saturated rings. The number of alkyl halides is 3. The van der Waals surface area contributed by atoms with E-state index in [0.29, 0.717) is 36.0 Å². The second-order valence-corrected chi connectivity index (χ2v) is 8.41. The molecule has 8 heteroatoms. The van der Waals surface area contributed by atoms with E-state index in [1.165, 1.54) is 6.07 Å². The zero-order chi connectivity index (χ0) is 24.1. The number of likely N-dealkylation sites (tertiary alicyclic amines) is 1. The van der Waals surface area contributed by atoms with Crippen LogP contribution in [0.2, 0.25) is 0 Å². The van der Waals surface area contributed by atoms with Gasteiger partial charge in [0.2, 0.25) is 0 Å². The normalized spacial score (nSPS) is 18.4. The van der Waals surface area contributed by atoms with Gasteiger partial charge in [-0.3, -0.25) is 4.79 Å². The van der Waals surface area contributed by atoms with Crippen molar-refractivity contribution in [1.82, 2.24) is 9.88 Å². The Hall–Kier alpha value is -3.55. The third kappa shape index (κ3) is 5.50. The van der Waals surface area contributed by atoms with Crippen molar-refractivity contribution < 1.29 is 22.7 Å². The summed E-state index contributed by atoms with van der Waals surface area (Å²) in [5.41, 5.74) is -0.325. The number of anilines is 1. The number of halogens is 3. The smallest absolute Gasteiger partial charge is 0.417 e. The zero-order valence-corrected chi connectivity index (χ0v) is 18.8. The summed E-state index contributed by atoms with van der Waals surface area (Å²) >= 11 is 0. The van der Waals surface area contributed by atoms with Crippen molar-refractivity contribution in [1.29, 1.82) is 0 Å². The van der Waals surface area contributed by atoms with Gasteiger partial charge in [0.15, 0.2) is 0 Å². The molecule has 4 rings (SSSR count). The fourth-order valence-electron chi connectivity index (χ4n) is 4.19. The lowest BCUT2D eigenvalue weighted by atomic mass is 9.90. The lowest BCUT2D eigenvalue weighted by Gasteiger charge is -2.40. The molecule has 0 spiro atoms. The third-order valence-corrected chi connectivity index (χ3v) is 6.05. The van der Waals surface area contributed by atoms with Gasteiger partial charge in [0.25, 0.3) is 5.91 Å². The number of amides is 1. The molecule has 3 aromatic rings. The van der Waals surface area contributed by atoms with Gasteiger partial charge in [-0.1, -0.05) is 37.3 Å². The van der Waals surface area contributed by atoms with E-state index in [1.54, 1.807) is 18.2 Å². The van der Waals surface area contributed by atoms with E-state index < -0.39 is 11.7 Å². The van der Waals surface area contributed by atoms with Crippen molar-refractivity contribution in [2.24, 2.45) is 5.92 Å². The van der Waals surface area contributed by atoms with E-state index in [0.717, 1.165) is 25.1 Å². The standard InChI is InChI=1S/C26H26F3N3O2/c1-18-8-7-15-32(22(18)17-31-24-14-13-19(16-30-24)26(27,28)29)25(33)21-11-5-6-12-23(21)34-20-9-3-2-4-10-20/h2-6,9-14,16,18,22H,7-8,15,17H2,1H3,(H,30,31)/t18-,22?/m1/s1. The molecule has 1 aliphatic rings. The largest absolute Gasteiger partial charge is 0.457 e. The molecule has 0 radical (unpaired) electrons. The van der Waals surface area contributed by atoms with Gasteiger partial charge in [-0.15, -0.1) is 0 Å². The van der Waals surface area contributed by atoms with E-state index in [1.807, 2.05) is 41.3 Å². The summed E-state index contributed by atoms with van der Waals surface area (Å²) in [6.07, 6.45) is -1.78. The lowest BCUT2D eigenvalue weighted by molar-refractivity contribution is -0.137. The molecule has 178 valence electrons. The van der Waals surface area contributed by atoms with E-state index in [9.17, 15) is 18.0 Å². The second kappa shape index (κ2) is 10.2. The van der Waals surface area contributed by atoms with Crippen molar-refractivity contribution in [2.45, 2.75) is 32.0 Å². The van der Waals surface area contributed by atoms with Crippen molar-refractivity contribution in [3.63, 3.8) is 0 Å². The quantitative estimate of drug-likeness (QED) is 0.464. The van der Waals surface area contributed by atoms with Crippen LogP contribution in [0.3, 0.4) is 0 Å². The fourth-order valence-corrected chi connectivity index (χ4v) is 4.19. The van der Waals surface area contributed by atoms with Crippen LogP contribution in [0, 0.1) is 5.92 Å². The topological polar surface area (TPSA) is 54.5 Å². The minimum absolute atomic E-state index is 0.134. The molecule has 2 aromatic carbocycles. The third-order valence-electron chi connectivity index (χ3n) is 6.05. The van der Waals surface area contributed by atoms with Crippen LogP contribution in [0.4, 0.5) is 19.0 Å². The summed E-state index contributed by atoms with van der Waals surface area (Å²) in [4.78, 5) is 19.3. The summed E-state index contributed by atoms with van der Waals surface area (Å²) in [7, 11) is 0. The first-order valence-electron chi connectivity index (χ1n) is 11.2. The first-order valence-corrected chi connectivity index (χ1v) is 11.2. The molecule has 34 heavy (non-hydrogen) atoms. The molecular weight excluding hydrogens is 443 g/mol. The van der Waals surface area contributed by atoms with Gasteiger partial charge in [0.05, 0.1) is 17.2 Å². The van der Waals surface area contributed by atoms with Gasteiger partial charge >= 0.3 is 6.18 Å². The highest BCUT2D eigenvalue weighted by Crippen LogP contribution is 2.31. The zero-order valence-electron chi connectivity index (χ0n) is 18.8. The first-order chi connectivity index (χ1) is 16.3. The number of piperidine rings is 1. The molecule has 0 aliphatic carbocycles. The number of pyridine rings is 1. The van der Waals surface area contributed by atoms with Crippen LogP contribution in [0.1, 0.15) is 35.7 Å². The van der Waals surface area contributed by atoms with Crippen molar-refractivity contribution in [2.75, 3.05) is 18.4 Å². The number of para-hydroxylation sites is 2. The molecule has 5 nitrogen and oxygen atoms in total. The molecule has 1 amide bonds. The number of carbonyl (C=O) groups excluding carboxylic acids is 1. The summed E-state index contributed by atoms with van der Waals surface area (Å²) in [5.74, 6) is 1.53. The predicted octanol–water partition coefficient (Wildman–Crippen LogP) is 6.25. The van der Waals surface area contributed by atoms with E-state index in [4.69, 9.17) is 4.74 Å². The molecule has 2 heterocycles. The van der Waals surface area contributed by atoms with Crippen LogP contribution in [-0.4, -0.2) is 34.9 Å². The molecule has 1 saturated heterocycles. The molecule has 1 aromatic heterocycles. The Morgan fingerprint density at radius 1 is 1.09 bits per heavy atom. The van der Waals surface area contributed by atoms with Gasteiger partial charge in [-0.25, -0.2) is 4.98 Å². The second-order valence-electron chi connectivity index (χ2n) is 8.41. The van der Waals surface area contributed by atoms with Crippen LogP contribution in [0.25, 0.3) is 0 Å². The fraction of sp³-hybridized carbons (Fsp3) is 0.308. The predicted molar refractivity (Wildman–Crippen MR) is 124 cm³/mol. The van der Waals surface area contributed by atoms with Crippen LogP contribution in [0.5, 0.6) is 11.5 Å². The van der Waals surface area contributed by atoms with Crippen molar-refractivity contribution in [3.8, 4) is 11.5 Å². The Kier molecular flexibility index (Phi) is 7.05. The van der Waals surface area contributed by atoms with Crippen LogP contribution < -0.4 is 10.1 Å². The Morgan fingerprint density at radius 2 is 1.82 bits per heavy atom. The maximum Gasteiger partial charge on any atom is 0.417 e. The molecule has 0 saturated carbocycles. The Balaban J connectivity index is 1.50. The van der Waals surface area contributed by atoms with Gasteiger partial charge in [0.1, 0.15) is 17.3 Å². The summed E-state index contributed by atoms with van der Waals surface area (Å²) in [6, 6.07) is 18.6. The molecule has 0 bridgehead atoms. The molecular formula is C26H26F3N3O2. The van der Waals surface area contributed by atoms with Gasteiger partial charge < -0.3 is 15.0 Å². The highest BCUT2D eigenvalue weighted by Gasteiger charge is 2.34. The number of nitrogens with one attached hydrogen (secondary N) is 1. The van der Waals surface area contributed by atoms with Gasteiger partial charge in [-0.2, -0.15) is 13.2 Å². The van der Waals surface area contributed by atoms with Crippen molar-refractivity contribution in [3.05, 3.63) is 84.1 Å². The van der Waals surface area contributed by atoms with Crippen LogP contribution in [0.15, 0.2) is 72.9 Å². The number of rotatable bonds is 6. The SMILES string of the molecule is C[C@@H]1CCCN(C(=O)c2ccccc2Oc2ccccc2)C1CNc1ccc(C(F)(F)F)cn1. The number of benzene rings is 2. The minimum atomic E-state index is -4.43. The number of hydrogen-bond acceptors (Lipinski definition) is 4. The average Bonchev–Trinajstić information content (AvgIpc) is 2.83. The Morgan fingerprint density at radius 3 is 2.53 bits per heavy atom. The number of aromatic nitrogens is 1. The maximum absolute atomic E-state index is 13.6. The molecule has 1 aliphatic heterocycles. The first kappa shape index (κ1) is 23.6. The summed E-state index contributed by atoms with van der Waals surface area (Å²) in [5, 5.41) is 3.11. The lowest BCUT2D eigenvalue weighted by Crippen LogP contribution is -2.51. The van der Waals surface area contributed by atoms with E-state index >= 15 is 0 Å². The minimum Gasteiger partial charge on any atom is -0.457 e. The number of carbonyl (C=O) groups is 1.